The van der Waals surface area contributed by atoms with Crippen LogP contribution in [-0.2, 0) is 11.2 Å². The SMILES string of the molecule is CC(C)C(O)C(C)(C)CNC(=O)C1SCCc2sccc21. The van der Waals surface area contributed by atoms with Gasteiger partial charge in [-0.25, -0.2) is 0 Å². The van der Waals surface area contributed by atoms with Gasteiger partial charge in [0.05, 0.1) is 6.10 Å². The van der Waals surface area contributed by atoms with Crippen LogP contribution < -0.4 is 5.32 Å². The van der Waals surface area contributed by atoms with E-state index in [1.54, 1.807) is 23.1 Å². The minimum Gasteiger partial charge on any atom is -0.392 e. The molecule has 1 aromatic heterocycles. The Morgan fingerprint density at radius 1 is 1.52 bits per heavy atom. The fourth-order valence-electron chi connectivity index (χ4n) is 2.78. The Balaban J connectivity index is 1.98. The number of amides is 1. The maximum absolute atomic E-state index is 12.5. The van der Waals surface area contributed by atoms with Crippen LogP contribution in [0.2, 0.25) is 0 Å². The van der Waals surface area contributed by atoms with Crippen LogP contribution in [0.3, 0.4) is 0 Å². The summed E-state index contributed by atoms with van der Waals surface area (Å²) in [4.78, 5) is 13.8. The van der Waals surface area contributed by atoms with Crippen LogP contribution in [-0.4, -0.2) is 29.4 Å². The lowest BCUT2D eigenvalue weighted by Gasteiger charge is -2.34. The van der Waals surface area contributed by atoms with Crippen molar-refractivity contribution in [1.82, 2.24) is 5.32 Å². The molecular weight excluding hydrogens is 302 g/mol. The van der Waals surface area contributed by atoms with Crippen LogP contribution in [0.5, 0.6) is 0 Å². The number of aliphatic hydroxyl groups excluding tert-OH is 1. The van der Waals surface area contributed by atoms with Crippen molar-refractivity contribution in [2.75, 3.05) is 12.3 Å². The molecule has 118 valence electrons. The van der Waals surface area contributed by atoms with Crippen LogP contribution >= 0.6 is 23.1 Å². The highest BCUT2D eigenvalue weighted by molar-refractivity contribution is 8.00. The van der Waals surface area contributed by atoms with Gasteiger partial charge >= 0.3 is 0 Å². The molecule has 2 N–H and O–H groups in total. The summed E-state index contributed by atoms with van der Waals surface area (Å²) in [6, 6.07) is 2.07. The van der Waals surface area contributed by atoms with E-state index in [0.29, 0.717) is 6.54 Å². The predicted octanol–water partition coefficient (Wildman–Crippen LogP) is 3.24. The second-order valence-electron chi connectivity index (χ2n) is 6.70. The van der Waals surface area contributed by atoms with Gasteiger partial charge in [-0.2, -0.15) is 0 Å². The molecule has 2 heterocycles. The first-order valence-electron chi connectivity index (χ1n) is 7.46. The number of thiophene rings is 1. The van der Waals surface area contributed by atoms with E-state index >= 15 is 0 Å². The molecule has 2 unspecified atom stereocenters. The molecule has 5 heteroatoms. The minimum atomic E-state index is -0.423. The third-order valence-corrected chi connectivity index (χ3v) is 6.30. The van der Waals surface area contributed by atoms with Crippen molar-refractivity contribution < 1.29 is 9.90 Å². The van der Waals surface area contributed by atoms with Gasteiger partial charge in [0.1, 0.15) is 5.25 Å². The van der Waals surface area contributed by atoms with E-state index in [2.05, 4.69) is 16.8 Å². The summed E-state index contributed by atoms with van der Waals surface area (Å²) in [5, 5.41) is 15.3. The van der Waals surface area contributed by atoms with Gasteiger partial charge < -0.3 is 10.4 Å². The molecule has 2 rings (SSSR count). The first-order valence-corrected chi connectivity index (χ1v) is 9.39. The number of rotatable bonds is 5. The zero-order valence-corrected chi connectivity index (χ0v) is 14.8. The van der Waals surface area contributed by atoms with E-state index in [1.807, 2.05) is 27.7 Å². The summed E-state index contributed by atoms with van der Waals surface area (Å²) >= 11 is 3.46. The zero-order chi connectivity index (χ0) is 15.6. The Labute approximate surface area is 135 Å². The summed E-state index contributed by atoms with van der Waals surface area (Å²) < 4.78 is 0. The van der Waals surface area contributed by atoms with Crippen LogP contribution in [0.4, 0.5) is 0 Å². The molecule has 21 heavy (non-hydrogen) atoms. The molecule has 2 atom stereocenters. The second-order valence-corrected chi connectivity index (χ2v) is 8.91. The fraction of sp³-hybridized carbons (Fsp3) is 0.688. The van der Waals surface area contributed by atoms with E-state index in [9.17, 15) is 9.90 Å². The molecule has 3 nitrogen and oxygen atoms in total. The highest BCUT2D eigenvalue weighted by atomic mass is 32.2. The lowest BCUT2D eigenvalue weighted by Crippen LogP contribution is -2.44. The maximum atomic E-state index is 12.5. The molecule has 0 spiro atoms. The van der Waals surface area contributed by atoms with Crippen molar-refractivity contribution in [3.8, 4) is 0 Å². The van der Waals surface area contributed by atoms with E-state index < -0.39 is 6.10 Å². The number of nitrogens with one attached hydrogen (secondary N) is 1. The molecule has 1 aromatic rings. The van der Waals surface area contributed by atoms with Crippen LogP contribution in [0.25, 0.3) is 0 Å². The lowest BCUT2D eigenvalue weighted by atomic mass is 9.80. The molecule has 0 bridgehead atoms. The average Bonchev–Trinajstić information content (AvgIpc) is 2.92. The van der Waals surface area contributed by atoms with Crippen molar-refractivity contribution >= 4 is 29.0 Å². The molecule has 0 saturated heterocycles. The number of aliphatic hydroxyl groups is 1. The maximum Gasteiger partial charge on any atom is 0.237 e. The molecule has 0 radical (unpaired) electrons. The molecule has 1 aliphatic rings. The second kappa shape index (κ2) is 6.71. The standard InChI is InChI=1S/C16H25NO2S2/c1-10(2)14(18)16(3,4)9-17-15(19)13-11-5-7-20-12(11)6-8-21-13/h5,7,10,13-14,18H,6,8-9H2,1-4H3,(H,17,19). The number of thioether (sulfide) groups is 1. The average molecular weight is 328 g/mol. The first-order chi connectivity index (χ1) is 9.83. The van der Waals surface area contributed by atoms with Crippen LogP contribution in [0.15, 0.2) is 11.4 Å². The Kier molecular flexibility index (Phi) is 5.38. The largest absolute Gasteiger partial charge is 0.392 e. The normalized spacial score (nSPS) is 20.2. The van der Waals surface area contributed by atoms with Gasteiger partial charge in [-0.1, -0.05) is 27.7 Å². The minimum absolute atomic E-state index is 0.0726. The summed E-state index contributed by atoms with van der Waals surface area (Å²) in [6.07, 6.45) is 0.646. The fourth-order valence-corrected chi connectivity index (χ4v) is 5.10. The predicted molar refractivity (Wildman–Crippen MR) is 90.9 cm³/mol. The van der Waals surface area contributed by atoms with Gasteiger partial charge in [-0.05, 0) is 35.1 Å². The number of aryl methyl sites for hydroxylation is 1. The van der Waals surface area contributed by atoms with Crippen LogP contribution in [0, 0.1) is 11.3 Å². The summed E-state index contributed by atoms with van der Waals surface area (Å²) in [6.45, 7) is 8.51. The summed E-state index contributed by atoms with van der Waals surface area (Å²) in [5.41, 5.74) is 0.858. The smallest absolute Gasteiger partial charge is 0.237 e. The highest BCUT2D eigenvalue weighted by Gasteiger charge is 2.33. The van der Waals surface area contributed by atoms with Gasteiger partial charge in [-0.3, -0.25) is 4.79 Å². The monoisotopic (exact) mass is 327 g/mol. The molecule has 0 aliphatic carbocycles. The Morgan fingerprint density at radius 3 is 2.90 bits per heavy atom. The summed E-state index contributed by atoms with van der Waals surface area (Å²) in [7, 11) is 0. The van der Waals surface area contributed by atoms with E-state index in [4.69, 9.17) is 0 Å². The van der Waals surface area contributed by atoms with Gasteiger partial charge in [0.2, 0.25) is 5.91 Å². The topological polar surface area (TPSA) is 49.3 Å². The quantitative estimate of drug-likeness (QED) is 0.873. The molecule has 1 amide bonds. The van der Waals surface area contributed by atoms with Gasteiger partial charge in [0, 0.05) is 16.8 Å². The Morgan fingerprint density at radius 2 is 2.24 bits per heavy atom. The summed E-state index contributed by atoms with van der Waals surface area (Å²) in [5.74, 6) is 1.26. The van der Waals surface area contributed by atoms with Gasteiger partial charge in [0.15, 0.2) is 0 Å². The van der Waals surface area contributed by atoms with Crippen molar-refractivity contribution in [3.63, 3.8) is 0 Å². The third-order valence-electron chi connectivity index (χ3n) is 4.06. The first kappa shape index (κ1) is 16.8. The number of hydrogen-bond acceptors (Lipinski definition) is 4. The molecule has 1 aliphatic heterocycles. The van der Waals surface area contributed by atoms with Crippen molar-refractivity contribution in [2.45, 2.75) is 45.5 Å². The van der Waals surface area contributed by atoms with Crippen molar-refractivity contribution in [3.05, 3.63) is 21.9 Å². The van der Waals surface area contributed by atoms with Crippen molar-refractivity contribution in [2.24, 2.45) is 11.3 Å². The zero-order valence-electron chi connectivity index (χ0n) is 13.2. The van der Waals surface area contributed by atoms with E-state index in [1.165, 1.54) is 10.4 Å². The molecule has 0 saturated carbocycles. The number of carbonyl (C=O) groups excluding carboxylic acids is 1. The number of fused-ring (bicyclic) bond motifs is 1. The van der Waals surface area contributed by atoms with Crippen LogP contribution in [0.1, 0.15) is 43.4 Å². The van der Waals surface area contributed by atoms with E-state index in [0.717, 1.165) is 12.2 Å². The Bertz CT molecular complexity index is 496. The third kappa shape index (κ3) is 3.82. The molecule has 0 aromatic carbocycles. The molecule has 0 fully saturated rings. The van der Waals surface area contributed by atoms with Gasteiger partial charge in [0.25, 0.3) is 0 Å². The number of carbonyl (C=O) groups is 1. The van der Waals surface area contributed by atoms with E-state index in [-0.39, 0.29) is 22.5 Å². The Hall–Kier alpha value is -0.520. The highest BCUT2D eigenvalue weighted by Crippen LogP contribution is 2.39. The molecular formula is C16H25NO2S2. The van der Waals surface area contributed by atoms with Crippen molar-refractivity contribution in [1.29, 1.82) is 0 Å². The number of hydrogen-bond donors (Lipinski definition) is 2. The lowest BCUT2D eigenvalue weighted by molar-refractivity contribution is -0.121. The van der Waals surface area contributed by atoms with Gasteiger partial charge in [-0.15, -0.1) is 23.1 Å².